The smallest absolute Gasteiger partial charge is 0.155 e. The Balaban J connectivity index is 3.07. The number of allylic oxidation sites excluding steroid dienone is 1. The highest BCUT2D eigenvalue weighted by Gasteiger charge is 1.93. The van der Waals surface area contributed by atoms with Gasteiger partial charge in [0.1, 0.15) is 0 Å². The molecule has 0 spiro atoms. The third-order valence-electron chi connectivity index (χ3n) is 1.03. The molecule has 0 saturated carbocycles. The van der Waals surface area contributed by atoms with E-state index in [1.54, 1.807) is 0 Å². The van der Waals surface area contributed by atoms with Gasteiger partial charge in [0.05, 0.1) is 6.67 Å². The van der Waals surface area contributed by atoms with Crippen molar-refractivity contribution in [1.29, 1.82) is 0 Å². The van der Waals surface area contributed by atoms with Crippen LogP contribution >= 0.6 is 0 Å². The van der Waals surface area contributed by atoms with E-state index < -0.39 is 0 Å². The summed E-state index contributed by atoms with van der Waals surface area (Å²) in [6, 6.07) is 0. The van der Waals surface area contributed by atoms with Crippen molar-refractivity contribution in [1.82, 2.24) is 0 Å². The second kappa shape index (κ2) is 5.48. The summed E-state index contributed by atoms with van der Waals surface area (Å²) in [5, 5.41) is 0. The number of unbranched alkanes of at least 4 members (excludes halogenated alkanes) is 1. The molecule has 0 aliphatic carbocycles. The van der Waals surface area contributed by atoms with E-state index in [1.165, 1.54) is 6.08 Å². The Kier molecular flexibility index (Phi) is 5.07. The van der Waals surface area contributed by atoms with Gasteiger partial charge in [-0.25, -0.2) is 0 Å². The molecule has 0 aromatic carbocycles. The van der Waals surface area contributed by atoms with Crippen molar-refractivity contribution in [2.75, 3.05) is 6.67 Å². The Morgan fingerprint density at radius 3 is 2.67 bits per heavy atom. The molecule has 0 aliphatic rings. The summed E-state index contributed by atoms with van der Waals surface area (Å²) >= 11 is 0. The number of halogens is 1. The number of alkyl halides is 1. The van der Waals surface area contributed by atoms with Crippen molar-refractivity contribution in [3.05, 3.63) is 12.7 Å². The fraction of sp³-hybridized carbons (Fsp3) is 0.571. The molecule has 0 fully saturated rings. The molecule has 0 atom stereocenters. The molecule has 1 nitrogen and oxygen atoms in total. The Hall–Kier alpha value is -0.660. The Bertz CT molecular complexity index is 99.1. The first-order valence-electron chi connectivity index (χ1n) is 3.02. The summed E-state index contributed by atoms with van der Waals surface area (Å²) in [5.41, 5.74) is 0. The lowest BCUT2D eigenvalue weighted by molar-refractivity contribution is -0.114. The number of hydrogen-bond donors (Lipinski definition) is 0. The van der Waals surface area contributed by atoms with Gasteiger partial charge in [0.15, 0.2) is 5.78 Å². The molecule has 0 heterocycles. The summed E-state index contributed by atoms with van der Waals surface area (Å²) < 4.78 is 11.4. The van der Waals surface area contributed by atoms with Crippen LogP contribution in [0.4, 0.5) is 4.39 Å². The minimum absolute atomic E-state index is 0.00319. The van der Waals surface area contributed by atoms with E-state index in [4.69, 9.17) is 0 Å². The van der Waals surface area contributed by atoms with Crippen molar-refractivity contribution in [3.8, 4) is 0 Å². The van der Waals surface area contributed by atoms with Crippen molar-refractivity contribution in [3.63, 3.8) is 0 Å². The SMILES string of the molecule is C=CC(=O)CCCCF. The van der Waals surface area contributed by atoms with E-state index >= 15 is 0 Å². The molecular formula is C7H11FO. The molecule has 0 radical (unpaired) electrons. The number of rotatable bonds is 5. The normalized spacial score (nSPS) is 9.00. The van der Waals surface area contributed by atoms with E-state index in [0.29, 0.717) is 19.3 Å². The van der Waals surface area contributed by atoms with Gasteiger partial charge in [-0.05, 0) is 18.9 Å². The van der Waals surface area contributed by atoms with Gasteiger partial charge in [0.2, 0.25) is 0 Å². The van der Waals surface area contributed by atoms with Crippen molar-refractivity contribution in [2.24, 2.45) is 0 Å². The molecular weight excluding hydrogens is 119 g/mol. The lowest BCUT2D eigenvalue weighted by Gasteiger charge is -1.90. The molecule has 0 saturated heterocycles. The van der Waals surface area contributed by atoms with Crippen LogP contribution in [0.2, 0.25) is 0 Å². The highest BCUT2D eigenvalue weighted by molar-refractivity contribution is 5.88. The standard InChI is InChI=1S/C7H11FO/c1-2-7(9)5-3-4-6-8/h2H,1,3-6H2. The summed E-state index contributed by atoms with van der Waals surface area (Å²) in [6.45, 7) is 2.97. The quantitative estimate of drug-likeness (QED) is 0.410. The first kappa shape index (κ1) is 8.34. The van der Waals surface area contributed by atoms with Gasteiger partial charge in [-0.2, -0.15) is 0 Å². The molecule has 0 unspecified atom stereocenters. The van der Waals surface area contributed by atoms with Crippen LogP contribution < -0.4 is 0 Å². The van der Waals surface area contributed by atoms with E-state index in [0.717, 1.165) is 0 Å². The molecule has 0 N–H and O–H groups in total. The maximum atomic E-state index is 11.4. The Morgan fingerprint density at radius 2 is 2.22 bits per heavy atom. The van der Waals surface area contributed by atoms with Crippen molar-refractivity contribution >= 4 is 5.78 Å². The monoisotopic (exact) mass is 130 g/mol. The maximum Gasteiger partial charge on any atom is 0.155 e. The third kappa shape index (κ3) is 5.21. The van der Waals surface area contributed by atoms with Gasteiger partial charge in [0, 0.05) is 6.42 Å². The minimum atomic E-state index is -0.329. The van der Waals surface area contributed by atoms with Gasteiger partial charge >= 0.3 is 0 Å². The average Bonchev–Trinajstić information content (AvgIpc) is 1.89. The van der Waals surface area contributed by atoms with Crippen LogP contribution in [0.3, 0.4) is 0 Å². The van der Waals surface area contributed by atoms with Crippen molar-refractivity contribution in [2.45, 2.75) is 19.3 Å². The van der Waals surface area contributed by atoms with Gasteiger partial charge in [-0.3, -0.25) is 9.18 Å². The topological polar surface area (TPSA) is 17.1 Å². The molecule has 0 amide bonds. The fourth-order valence-corrected chi connectivity index (χ4v) is 0.496. The second-order valence-corrected chi connectivity index (χ2v) is 1.82. The zero-order valence-corrected chi connectivity index (χ0v) is 5.40. The number of carbonyl (C=O) groups excluding carboxylic acids is 1. The minimum Gasteiger partial charge on any atom is -0.295 e. The van der Waals surface area contributed by atoms with Crippen LogP contribution in [0, 0.1) is 0 Å². The molecule has 0 aromatic heterocycles. The number of carbonyl (C=O) groups is 1. The van der Waals surface area contributed by atoms with Crippen LogP contribution in [0.25, 0.3) is 0 Å². The largest absolute Gasteiger partial charge is 0.295 e. The van der Waals surface area contributed by atoms with Gasteiger partial charge in [0.25, 0.3) is 0 Å². The second-order valence-electron chi connectivity index (χ2n) is 1.82. The van der Waals surface area contributed by atoms with E-state index in [1.807, 2.05) is 0 Å². The van der Waals surface area contributed by atoms with Gasteiger partial charge in [-0.15, -0.1) is 0 Å². The molecule has 0 bridgehead atoms. The zero-order chi connectivity index (χ0) is 7.11. The highest BCUT2D eigenvalue weighted by Crippen LogP contribution is 1.96. The fourth-order valence-electron chi connectivity index (χ4n) is 0.496. The first-order chi connectivity index (χ1) is 4.31. The molecule has 0 rings (SSSR count). The predicted molar refractivity (Wildman–Crippen MR) is 35.0 cm³/mol. The Labute approximate surface area is 54.6 Å². The third-order valence-corrected chi connectivity index (χ3v) is 1.03. The number of ketones is 1. The van der Waals surface area contributed by atoms with E-state index in [-0.39, 0.29) is 12.5 Å². The summed E-state index contributed by atoms with van der Waals surface area (Å²) in [7, 11) is 0. The first-order valence-corrected chi connectivity index (χ1v) is 3.02. The maximum absolute atomic E-state index is 11.4. The lowest BCUT2D eigenvalue weighted by atomic mass is 10.2. The van der Waals surface area contributed by atoms with Crippen LogP contribution in [0.15, 0.2) is 12.7 Å². The number of hydrogen-bond acceptors (Lipinski definition) is 1. The molecule has 0 aliphatic heterocycles. The summed E-state index contributed by atoms with van der Waals surface area (Å²) in [5.74, 6) is 0.00319. The van der Waals surface area contributed by atoms with Crippen LogP contribution in [-0.4, -0.2) is 12.5 Å². The Morgan fingerprint density at radius 1 is 1.56 bits per heavy atom. The van der Waals surface area contributed by atoms with E-state index in [9.17, 15) is 9.18 Å². The van der Waals surface area contributed by atoms with Crippen LogP contribution in [0.5, 0.6) is 0 Å². The van der Waals surface area contributed by atoms with Gasteiger partial charge < -0.3 is 0 Å². The molecule has 2 heteroatoms. The molecule has 0 aromatic rings. The van der Waals surface area contributed by atoms with Crippen LogP contribution in [-0.2, 0) is 4.79 Å². The summed E-state index contributed by atoms with van der Waals surface area (Å²) in [6.07, 6.45) is 2.84. The zero-order valence-electron chi connectivity index (χ0n) is 5.40. The predicted octanol–water partition coefficient (Wildman–Crippen LogP) is 1.88. The molecule has 9 heavy (non-hydrogen) atoms. The highest BCUT2D eigenvalue weighted by atomic mass is 19.1. The van der Waals surface area contributed by atoms with Gasteiger partial charge in [-0.1, -0.05) is 6.58 Å². The average molecular weight is 130 g/mol. The molecule has 52 valence electrons. The van der Waals surface area contributed by atoms with Crippen LogP contribution in [0.1, 0.15) is 19.3 Å². The van der Waals surface area contributed by atoms with Crippen molar-refractivity contribution < 1.29 is 9.18 Å². The lowest BCUT2D eigenvalue weighted by Crippen LogP contribution is -1.91. The van der Waals surface area contributed by atoms with E-state index in [2.05, 4.69) is 6.58 Å². The summed E-state index contributed by atoms with van der Waals surface area (Å²) in [4.78, 5) is 10.4.